The van der Waals surface area contributed by atoms with Gasteiger partial charge in [0.2, 0.25) is 11.7 Å². The third-order valence-corrected chi connectivity index (χ3v) is 6.89. The van der Waals surface area contributed by atoms with E-state index in [1.165, 1.54) is 56.9 Å². The number of anilines is 2. The van der Waals surface area contributed by atoms with Crippen LogP contribution in [0.2, 0.25) is 0 Å². The molecule has 37 heavy (non-hydrogen) atoms. The molecule has 1 atom stereocenters. The molecule has 1 aliphatic rings. The van der Waals surface area contributed by atoms with E-state index >= 15 is 0 Å². The van der Waals surface area contributed by atoms with E-state index in [9.17, 15) is 0 Å². The van der Waals surface area contributed by atoms with Gasteiger partial charge in [0.1, 0.15) is 5.82 Å². The van der Waals surface area contributed by atoms with E-state index < -0.39 is 0 Å². The van der Waals surface area contributed by atoms with Crippen LogP contribution in [0.5, 0.6) is 0 Å². The molecule has 0 unspecified atom stereocenters. The van der Waals surface area contributed by atoms with Crippen LogP contribution < -0.4 is 11.1 Å². The van der Waals surface area contributed by atoms with Gasteiger partial charge in [0.15, 0.2) is 5.96 Å². The molecule has 4 N–H and O–H groups in total. The number of benzene rings is 1. The molecule has 0 amide bonds. The monoisotopic (exact) mass is 525 g/mol. The normalized spacial score (nSPS) is 14.9. The van der Waals surface area contributed by atoms with Gasteiger partial charge in [0, 0.05) is 30.5 Å². The maximum atomic E-state index is 7.58. The zero-order valence-electron chi connectivity index (χ0n) is 21.8. The lowest BCUT2D eigenvalue weighted by atomic mass is 10.0. The summed E-state index contributed by atoms with van der Waals surface area (Å²) >= 11 is 0. The Hall–Kier alpha value is -3.13. The maximum Gasteiger partial charge on any atom is 0.231 e. The van der Waals surface area contributed by atoms with Crippen LogP contribution in [0, 0.1) is 5.41 Å². The molecule has 0 bridgehead atoms. The largest absolute Gasteiger partial charge is 0.370 e. The Bertz CT molecular complexity index is 1080. The number of rotatable bonds is 13. The number of nitrogens with one attached hydrogen (secondary N) is 2. The van der Waals surface area contributed by atoms with E-state index in [0.29, 0.717) is 18.3 Å². The third kappa shape index (κ3) is 8.45. The maximum absolute atomic E-state index is 7.58. The number of nitrogens with two attached hydrogens (primary N) is 1. The molecule has 9 heteroatoms. The molecule has 200 valence electrons. The van der Waals surface area contributed by atoms with Gasteiger partial charge < -0.3 is 20.5 Å². The number of unbranched alkanes of at least 4 members (excludes halogenated alkanes) is 7. The van der Waals surface area contributed by atoms with Crippen LogP contribution in [0.3, 0.4) is 0 Å². The molecule has 1 saturated heterocycles. The molecule has 3 heterocycles. The van der Waals surface area contributed by atoms with Crippen molar-refractivity contribution in [3.05, 3.63) is 54.0 Å². The zero-order valence-corrected chi connectivity index (χ0v) is 22.6. The fourth-order valence-electron chi connectivity index (χ4n) is 4.66. The van der Waals surface area contributed by atoms with Crippen LogP contribution in [0.4, 0.5) is 11.5 Å². The Labute approximate surface area is 226 Å². The van der Waals surface area contributed by atoms with E-state index in [4.69, 9.17) is 15.7 Å². The minimum absolute atomic E-state index is 0. The first-order valence-electron chi connectivity index (χ1n) is 13.4. The van der Waals surface area contributed by atoms with Crippen molar-refractivity contribution in [2.45, 2.75) is 77.0 Å². The van der Waals surface area contributed by atoms with E-state index in [2.05, 4.69) is 51.6 Å². The number of hydrogen-bond acceptors (Lipinski definition) is 6. The topological polar surface area (TPSA) is 117 Å². The van der Waals surface area contributed by atoms with E-state index in [0.717, 1.165) is 36.5 Å². The van der Waals surface area contributed by atoms with Crippen LogP contribution >= 0.6 is 12.4 Å². The summed E-state index contributed by atoms with van der Waals surface area (Å²) in [6.07, 6.45) is 14.5. The highest BCUT2D eigenvalue weighted by molar-refractivity contribution is 5.85. The van der Waals surface area contributed by atoms with Gasteiger partial charge in [-0.15, -0.1) is 12.4 Å². The number of likely N-dealkylation sites (tertiary alicyclic amines) is 1. The number of nitrogens with zero attached hydrogens (tertiary/aromatic N) is 4. The number of hydrogen-bond donors (Lipinski definition) is 3. The molecule has 0 spiro atoms. The third-order valence-electron chi connectivity index (χ3n) is 6.89. The number of pyridine rings is 1. The number of aromatic nitrogens is 3. The second kappa shape index (κ2) is 14.6. The van der Waals surface area contributed by atoms with Crippen LogP contribution in [-0.2, 0) is 6.42 Å². The Balaban J connectivity index is 0.00000380. The Morgan fingerprint density at radius 2 is 1.78 bits per heavy atom. The van der Waals surface area contributed by atoms with Gasteiger partial charge in [-0.1, -0.05) is 69.2 Å². The molecule has 1 fully saturated rings. The molecule has 3 aromatic rings. The first-order chi connectivity index (χ1) is 17.6. The number of aryl methyl sites for hydroxylation is 1. The standard InChI is InChI=1S/C28H39N7O.ClH/c1-2-3-4-5-6-7-8-9-10-21-11-14-24(15-12-21)32-25-16-13-22(19-31-25)26-33-27(36-34-26)23-17-18-35(20-23)28(29)30;/h11-16,19,23H,2-10,17-18,20H2,1H3,(H3,29,30)(H,31,32);1H/t23-;/m1./s1. The van der Waals surface area contributed by atoms with Gasteiger partial charge in [-0.3, -0.25) is 5.41 Å². The van der Waals surface area contributed by atoms with E-state index in [1.807, 2.05) is 17.0 Å². The highest BCUT2D eigenvalue weighted by atomic mass is 35.5. The fraction of sp³-hybridized carbons (Fsp3) is 0.500. The highest BCUT2D eigenvalue weighted by Crippen LogP contribution is 2.28. The summed E-state index contributed by atoms with van der Waals surface area (Å²) in [5, 5.41) is 15.1. The highest BCUT2D eigenvalue weighted by Gasteiger charge is 2.29. The first kappa shape index (κ1) is 28.4. The summed E-state index contributed by atoms with van der Waals surface area (Å²) in [4.78, 5) is 10.9. The van der Waals surface area contributed by atoms with Crippen molar-refractivity contribution in [2.75, 3.05) is 18.4 Å². The summed E-state index contributed by atoms with van der Waals surface area (Å²) in [7, 11) is 0. The predicted molar refractivity (Wildman–Crippen MR) is 152 cm³/mol. The van der Waals surface area contributed by atoms with Gasteiger partial charge >= 0.3 is 0 Å². The lowest BCUT2D eigenvalue weighted by molar-refractivity contribution is 0.354. The summed E-state index contributed by atoms with van der Waals surface area (Å²) in [6.45, 7) is 3.64. The minimum atomic E-state index is 0. The molecule has 8 nitrogen and oxygen atoms in total. The molecular formula is C28H40ClN7O. The first-order valence-corrected chi connectivity index (χ1v) is 13.4. The average Bonchev–Trinajstić information content (AvgIpc) is 3.58. The van der Waals surface area contributed by atoms with Gasteiger partial charge in [-0.05, 0) is 49.1 Å². The van der Waals surface area contributed by atoms with Crippen molar-refractivity contribution >= 4 is 29.9 Å². The van der Waals surface area contributed by atoms with Crippen LogP contribution in [0.25, 0.3) is 11.4 Å². The summed E-state index contributed by atoms with van der Waals surface area (Å²) in [5.74, 6) is 2.06. The summed E-state index contributed by atoms with van der Waals surface area (Å²) in [6, 6.07) is 12.5. The second-order valence-electron chi connectivity index (χ2n) is 9.75. The molecule has 0 aliphatic carbocycles. The van der Waals surface area contributed by atoms with Gasteiger partial charge in [-0.2, -0.15) is 4.98 Å². The molecular weight excluding hydrogens is 486 g/mol. The van der Waals surface area contributed by atoms with Crippen molar-refractivity contribution in [3.8, 4) is 11.4 Å². The van der Waals surface area contributed by atoms with Gasteiger partial charge in [0.05, 0.1) is 5.92 Å². The summed E-state index contributed by atoms with van der Waals surface area (Å²) in [5.41, 5.74) is 8.79. The van der Waals surface area contributed by atoms with Crippen molar-refractivity contribution in [1.82, 2.24) is 20.0 Å². The zero-order chi connectivity index (χ0) is 25.2. The Morgan fingerprint density at radius 3 is 2.43 bits per heavy atom. The SMILES string of the molecule is CCCCCCCCCCc1ccc(Nc2ccc(-c3noc([C@@H]4CCN(C(=N)N)C4)n3)cn2)cc1.Cl. The second-order valence-corrected chi connectivity index (χ2v) is 9.75. The lowest BCUT2D eigenvalue weighted by Crippen LogP contribution is -2.34. The van der Waals surface area contributed by atoms with Gasteiger partial charge in [-0.25, -0.2) is 4.98 Å². The van der Waals surface area contributed by atoms with Crippen molar-refractivity contribution < 1.29 is 4.52 Å². The van der Waals surface area contributed by atoms with Crippen LogP contribution in [0.1, 0.15) is 82.1 Å². The smallest absolute Gasteiger partial charge is 0.231 e. The van der Waals surface area contributed by atoms with Crippen LogP contribution in [-0.4, -0.2) is 39.1 Å². The fourth-order valence-corrected chi connectivity index (χ4v) is 4.66. The number of guanidine groups is 1. The van der Waals surface area contributed by atoms with E-state index in [1.54, 1.807) is 6.20 Å². The molecule has 1 aromatic carbocycles. The lowest BCUT2D eigenvalue weighted by Gasteiger charge is -2.14. The molecule has 4 rings (SSSR count). The molecule has 2 aromatic heterocycles. The van der Waals surface area contributed by atoms with Crippen molar-refractivity contribution in [1.29, 1.82) is 5.41 Å². The van der Waals surface area contributed by atoms with Crippen molar-refractivity contribution in [3.63, 3.8) is 0 Å². The van der Waals surface area contributed by atoms with Crippen molar-refractivity contribution in [2.24, 2.45) is 5.73 Å². The predicted octanol–water partition coefficient (Wildman–Crippen LogP) is 6.66. The van der Waals surface area contributed by atoms with E-state index in [-0.39, 0.29) is 24.3 Å². The molecule has 0 saturated carbocycles. The van der Waals surface area contributed by atoms with Gasteiger partial charge in [0.25, 0.3) is 0 Å². The average molecular weight is 526 g/mol. The summed E-state index contributed by atoms with van der Waals surface area (Å²) < 4.78 is 5.49. The number of halogens is 1. The molecule has 1 aliphatic heterocycles. The van der Waals surface area contributed by atoms with Crippen LogP contribution in [0.15, 0.2) is 47.1 Å². The quantitative estimate of drug-likeness (QED) is 0.130. The Morgan fingerprint density at radius 1 is 1.05 bits per heavy atom. The molecule has 0 radical (unpaired) electrons. The minimum Gasteiger partial charge on any atom is -0.370 e. The Kier molecular flexibility index (Phi) is 11.2.